The highest BCUT2D eigenvalue weighted by molar-refractivity contribution is 5.95. The van der Waals surface area contributed by atoms with Crippen LogP contribution >= 0.6 is 0 Å². The van der Waals surface area contributed by atoms with Crippen LogP contribution in [0.1, 0.15) is 34.5 Å². The molecule has 3 aromatic rings. The van der Waals surface area contributed by atoms with Gasteiger partial charge >= 0.3 is 0 Å². The molecule has 3 heterocycles. The van der Waals surface area contributed by atoms with Gasteiger partial charge in [0.05, 0.1) is 11.9 Å². The smallest absolute Gasteiger partial charge is 0.251 e. The van der Waals surface area contributed by atoms with Crippen molar-refractivity contribution in [3.63, 3.8) is 0 Å². The van der Waals surface area contributed by atoms with Gasteiger partial charge in [-0.1, -0.05) is 35.5 Å². The van der Waals surface area contributed by atoms with Crippen LogP contribution in [-0.2, 0) is 18.2 Å². The van der Waals surface area contributed by atoms with E-state index in [4.69, 9.17) is 9.72 Å². The first-order valence-electron chi connectivity index (χ1n) is 9.47. The molecule has 0 spiro atoms. The van der Waals surface area contributed by atoms with E-state index in [1.165, 1.54) is 0 Å². The molecule has 0 unspecified atom stereocenters. The summed E-state index contributed by atoms with van der Waals surface area (Å²) in [5.41, 5.74) is 3.86. The summed E-state index contributed by atoms with van der Waals surface area (Å²) in [5, 5.41) is 11.3. The van der Waals surface area contributed by atoms with Crippen LogP contribution in [0.2, 0.25) is 0 Å². The van der Waals surface area contributed by atoms with Crippen molar-refractivity contribution in [3.8, 4) is 11.4 Å². The zero-order chi connectivity index (χ0) is 19.3. The van der Waals surface area contributed by atoms with Crippen LogP contribution in [0.5, 0.6) is 0 Å². The van der Waals surface area contributed by atoms with Crippen LogP contribution in [0.15, 0.2) is 48.7 Å². The molecule has 1 amide bonds. The SMILES string of the molecule is Cn1cc(-c2cc(C(=O)NC3CCOCC3)cc(Cc3ccccc3)n2)nn1. The van der Waals surface area contributed by atoms with E-state index in [0.717, 1.165) is 24.1 Å². The number of nitrogens with zero attached hydrogens (tertiary/aromatic N) is 4. The second-order valence-corrected chi connectivity index (χ2v) is 7.03. The van der Waals surface area contributed by atoms with E-state index >= 15 is 0 Å². The molecule has 7 heteroatoms. The number of pyridine rings is 1. The van der Waals surface area contributed by atoms with E-state index in [-0.39, 0.29) is 11.9 Å². The predicted molar refractivity (Wildman–Crippen MR) is 105 cm³/mol. The number of benzene rings is 1. The molecule has 7 nitrogen and oxygen atoms in total. The molecular weight excluding hydrogens is 354 g/mol. The Morgan fingerprint density at radius 3 is 2.68 bits per heavy atom. The van der Waals surface area contributed by atoms with E-state index in [1.54, 1.807) is 16.9 Å². The van der Waals surface area contributed by atoms with E-state index in [1.807, 2.05) is 31.3 Å². The molecule has 0 bridgehead atoms. The van der Waals surface area contributed by atoms with E-state index in [9.17, 15) is 4.79 Å². The Balaban J connectivity index is 1.63. The van der Waals surface area contributed by atoms with Crippen molar-refractivity contribution in [3.05, 3.63) is 65.5 Å². The number of aromatic nitrogens is 4. The molecule has 144 valence electrons. The average molecular weight is 377 g/mol. The van der Waals surface area contributed by atoms with Crippen molar-refractivity contribution >= 4 is 5.91 Å². The minimum Gasteiger partial charge on any atom is -0.381 e. The van der Waals surface area contributed by atoms with Crippen LogP contribution in [0, 0.1) is 0 Å². The number of hydrogen-bond donors (Lipinski definition) is 1. The summed E-state index contributed by atoms with van der Waals surface area (Å²) in [7, 11) is 1.81. The Bertz CT molecular complexity index is 948. The van der Waals surface area contributed by atoms with Gasteiger partial charge in [-0.3, -0.25) is 14.5 Å². The van der Waals surface area contributed by atoms with Crippen LogP contribution in [0.3, 0.4) is 0 Å². The van der Waals surface area contributed by atoms with Gasteiger partial charge in [0.2, 0.25) is 0 Å². The van der Waals surface area contributed by atoms with Crippen molar-refractivity contribution in [2.75, 3.05) is 13.2 Å². The maximum absolute atomic E-state index is 12.9. The topological polar surface area (TPSA) is 81.9 Å². The molecule has 1 aromatic carbocycles. The molecule has 4 rings (SSSR count). The van der Waals surface area contributed by atoms with Crippen molar-refractivity contribution < 1.29 is 9.53 Å². The molecule has 1 saturated heterocycles. The molecule has 0 aliphatic carbocycles. The fourth-order valence-corrected chi connectivity index (χ4v) is 3.32. The van der Waals surface area contributed by atoms with Gasteiger partial charge < -0.3 is 10.1 Å². The normalized spacial score (nSPS) is 14.8. The lowest BCUT2D eigenvalue weighted by molar-refractivity contribution is 0.0696. The zero-order valence-electron chi connectivity index (χ0n) is 15.8. The Hall–Kier alpha value is -3.06. The Labute approximate surface area is 163 Å². The molecule has 2 aromatic heterocycles. The molecule has 0 radical (unpaired) electrons. The average Bonchev–Trinajstić information content (AvgIpc) is 3.16. The predicted octanol–water partition coefficient (Wildman–Crippen LogP) is 2.38. The minimum atomic E-state index is -0.0891. The van der Waals surface area contributed by atoms with Crippen LogP contribution < -0.4 is 5.32 Å². The van der Waals surface area contributed by atoms with Gasteiger partial charge in [0.15, 0.2) is 0 Å². The summed E-state index contributed by atoms with van der Waals surface area (Å²) < 4.78 is 7.00. The maximum atomic E-state index is 12.9. The van der Waals surface area contributed by atoms with Gasteiger partial charge in [-0.25, -0.2) is 0 Å². The molecular formula is C21H23N5O2. The largest absolute Gasteiger partial charge is 0.381 e. The monoisotopic (exact) mass is 377 g/mol. The molecule has 0 saturated carbocycles. The van der Waals surface area contributed by atoms with Gasteiger partial charge in [0.1, 0.15) is 5.69 Å². The van der Waals surface area contributed by atoms with Gasteiger partial charge in [0, 0.05) is 44.0 Å². The number of hydrogen-bond acceptors (Lipinski definition) is 5. The summed E-state index contributed by atoms with van der Waals surface area (Å²) in [5.74, 6) is -0.0891. The number of amides is 1. The van der Waals surface area contributed by atoms with E-state index in [0.29, 0.717) is 36.6 Å². The highest BCUT2D eigenvalue weighted by Crippen LogP contribution is 2.19. The first-order chi connectivity index (χ1) is 13.7. The molecule has 1 fully saturated rings. The van der Waals surface area contributed by atoms with E-state index < -0.39 is 0 Å². The Morgan fingerprint density at radius 1 is 1.18 bits per heavy atom. The lowest BCUT2D eigenvalue weighted by atomic mass is 10.0. The van der Waals surface area contributed by atoms with Gasteiger partial charge in [-0.2, -0.15) is 0 Å². The first kappa shape index (κ1) is 18.3. The Kier molecular flexibility index (Phi) is 5.43. The van der Waals surface area contributed by atoms with Crippen molar-refractivity contribution in [1.29, 1.82) is 0 Å². The fraction of sp³-hybridized carbons (Fsp3) is 0.333. The summed E-state index contributed by atoms with van der Waals surface area (Å²) in [6.07, 6.45) is 4.12. The van der Waals surface area contributed by atoms with Crippen molar-refractivity contribution in [2.24, 2.45) is 7.05 Å². The van der Waals surface area contributed by atoms with Crippen LogP contribution in [0.25, 0.3) is 11.4 Å². The highest BCUT2D eigenvalue weighted by Gasteiger charge is 2.19. The lowest BCUT2D eigenvalue weighted by Gasteiger charge is -2.23. The third kappa shape index (κ3) is 4.43. The molecule has 28 heavy (non-hydrogen) atoms. The Morgan fingerprint density at radius 2 is 1.96 bits per heavy atom. The second-order valence-electron chi connectivity index (χ2n) is 7.03. The number of ether oxygens (including phenoxy) is 1. The highest BCUT2D eigenvalue weighted by atomic mass is 16.5. The second kappa shape index (κ2) is 8.31. The van der Waals surface area contributed by atoms with Gasteiger partial charge in [0.25, 0.3) is 5.91 Å². The standard InChI is InChI=1S/C21H23N5O2/c1-26-14-20(24-25-26)19-13-16(21(27)23-17-7-9-28-10-8-17)12-18(22-19)11-15-5-3-2-4-6-15/h2-6,12-14,17H,7-11H2,1H3,(H,23,27). The minimum absolute atomic E-state index is 0.0891. The van der Waals surface area contributed by atoms with Crippen molar-refractivity contribution in [2.45, 2.75) is 25.3 Å². The summed E-state index contributed by atoms with van der Waals surface area (Å²) >= 11 is 0. The summed E-state index contributed by atoms with van der Waals surface area (Å²) in [6.45, 7) is 1.37. The maximum Gasteiger partial charge on any atom is 0.251 e. The van der Waals surface area contributed by atoms with Crippen LogP contribution in [0.4, 0.5) is 0 Å². The third-order valence-electron chi connectivity index (χ3n) is 4.79. The quantitative estimate of drug-likeness (QED) is 0.738. The number of carbonyl (C=O) groups is 1. The van der Waals surface area contributed by atoms with Gasteiger partial charge in [-0.15, -0.1) is 5.10 Å². The number of aryl methyl sites for hydroxylation is 1. The number of nitrogens with one attached hydrogen (secondary N) is 1. The molecule has 1 N–H and O–H groups in total. The lowest BCUT2D eigenvalue weighted by Crippen LogP contribution is -2.39. The number of rotatable bonds is 5. The third-order valence-corrected chi connectivity index (χ3v) is 4.79. The van der Waals surface area contributed by atoms with Crippen LogP contribution in [-0.4, -0.2) is 45.1 Å². The summed E-state index contributed by atoms with van der Waals surface area (Å²) in [4.78, 5) is 17.6. The van der Waals surface area contributed by atoms with Gasteiger partial charge in [-0.05, 0) is 30.5 Å². The summed E-state index contributed by atoms with van der Waals surface area (Å²) in [6, 6.07) is 13.9. The molecule has 1 aliphatic rings. The fourth-order valence-electron chi connectivity index (χ4n) is 3.32. The first-order valence-corrected chi connectivity index (χ1v) is 9.47. The number of carbonyl (C=O) groups excluding carboxylic acids is 1. The van der Waals surface area contributed by atoms with Crippen molar-refractivity contribution in [1.82, 2.24) is 25.3 Å². The molecule has 1 aliphatic heterocycles. The van der Waals surface area contributed by atoms with E-state index in [2.05, 4.69) is 27.8 Å². The molecule has 0 atom stereocenters. The zero-order valence-corrected chi connectivity index (χ0v) is 15.8.